The van der Waals surface area contributed by atoms with Gasteiger partial charge in [-0.15, -0.1) is 11.6 Å². The number of halogens is 1. The molecule has 0 radical (unpaired) electrons. The van der Waals surface area contributed by atoms with Crippen LogP contribution in [-0.2, 0) is 10.8 Å². The molecule has 116 valence electrons. The molecule has 2 atom stereocenters. The Morgan fingerprint density at radius 2 is 1.42 bits per heavy atom. The van der Waals surface area contributed by atoms with Gasteiger partial charge < -0.3 is 5.11 Å². The Bertz CT molecular complexity index is 212. The zero-order chi connectivity index (χ0) is 14.3. The number of aliphatic hydroxyl groups excluding tert-OH is 1. The van der Waals surface area contributed by atoms with Gasteiger partial charge in [-0.3, -0.25) is 4.21 Å². The van der Waals surface area contributed by atoms with E-state index in [4.69, 9.17) is 16.7 Å². The SMILES string of the molecule is CCCCCCCCCCCC[S@](=O)C[C@H](Cl)CO. The summed E-state index contributed by atoms with van der Waals surface area (Å²) in [4.78, 5) is 0. The first-order valence-electron chi connectivity index (χ1n) is 7.80. The van der Waals surface area contributed by atoms with E-state index in [2.05, 4.69) is 6.92 Å². The summed E-state index contributed by atoms with van der Waals surface area (Å²) in [5.74, 6) is 1.16. The third kappa shape index (κ3) is 14.6. The van der Waals surface area contributed by atoms with E-state index in [0.717, 1.165) is 12.2 Å². The van der Waals surface area contributed by atoms with Crippen molar-refractivity contribution < 1.29 is 9.32 Å². The third-order valence-corrected chi connectivity index (χ3v) is 5.28. The minimum atomic E-state index is -0.855. The number of rotatable bonds is 14. The van der Waals surface area contributed by atoms with Crippen LogP contribution in [0, 0.1) is 0 Å². The number of aliphatic hydroxyl groups is 1. The Morgan fingerprint density at radius 3 is 1.89 bits per heavy atom. The van der Waals surface area contributed by atoms with Crippen molar-refractivity contribution in [3.63, 3.8) is 0 Å². The average molecular weight is 311 g/mol. The Hall–Kier alpha value is 0.400. The topological polar surface area (TPSA) is 37.3 Å². The van der Waals surface area contributed by atoms with Crippen LogP contribution in [0.3, 0.4) is 0 Å². The highest BCUT2D eigenvalue weighted by molar-refractivity contribution is 7.85. The van der Waals surface area contributed by atoms with Crippen LogP contribution < -0.4 is 0 Å². The first kappa shape index (κ1) is 19.4. The molecule has 0 aromatic heterocycles. The van der Waals surface area contributed by atoms with Gasteiger partial charge in [0.25, 0.3) is 0 Å². The van der Waals surface area contributed by atoms with Gasteiger partial charge in [-0.2, -0.15) is 0 Å². The maximum Gasteiger partial charge on any atom is 0.0682 e. The Balaban J connectivity index is 3.16. The molecule has 0 aliphatic heterocycles. The highest BCUT2D eigenvalue weighted by atomic mass is 35.5. The Labute approximate surface area is 126 Å². The second-order valence-electron chi connectivity index (χ2n) is 5.27. The zero-order valence-corrected chi connectivity index (χ0v) is 14.0. The van der Waals surface area contributed by atoms with Gasteiger partial charge in [0.05, 0.1) is 12.0 Å². The average Bonchev–Trinajstić information content (AvgIpc) is 2.40. The highest BCUT2D eigenvalue weighted by Crippen LogP contribution is 2.11. The molecule has 0 aromatic rings. The van der Waals surface area contributed by atoms with E-state index in [9.17, 15) is 4.21 Å². The molecule has 0 aliphatic rings. The summed E-state index contributed by atoms with van der Waals surface area (Å²) in [6.07, 6.45) is 13.0. The van der Waals surface area contributed by atoms with Crippen LogP contribution in [0.25, 0.3) is 0 Å². The molecule has 0 fully saturated rings. The van der Waals surface area contributed by atoms with Gasteiger partial charge in [0, 0.05) is 22.3 Å². The molecule has 0 amide bonds. The standard InChI is InChI=1S/C15H31ClO2S/c1-2-3-4-5-6-7-8-9-10-11-12-19(18)14-15(16)13-17/h15,17H,2-14H2,1H3/t15-,19+/m1/s1. The third-order valence-electron chi connectivity index (χ3n) is 3.29. The Morgan fingerprint density at radius 1 is 0.947 bits per heavy atom. The van der Waals surface area contributed by atoms with Gasteiger partial charge in [0.15, 0.2) is 0 Å². The molecule has 0 bridgehead atoms. The normalized spacial score (nSPS) is 14.5. The fourth-order valence-electron chi connectivity index (χ4n) is 2.09. The van der Waals surface area contributed by atoms with Crippen molar-refractivity contribution in [1.82, 2.24) is 0 Å². The Kier molecular flexibility index (Phi) is 15.1. The number of hydrogen-bond donors (Lipinski definition) is 1. The highest BCUT2D eigenvalue weighted by Gasteiger charge is 2.07. The molecule has 0 saturated heterocycles. The lowest BCUT2D eigenvalue weighted by Gasteiger charge is -2.06. The minimum Gasteiger partial charge on any atom is -0.395 e. The smallest absolute Gasteiger partial charge is 0.0682 e. The van der Waals surface area contributed by atoms with Gasteiger partial charge in [-0.1, -0.05) is 64.7 Å². The van der Waals surface area contributed by atoms with E-state index in [0.29, 0.717) is 5.75 Å². The molecule has 1 N–H and O–H groups in total. The van der Waals surface area contributed by atoms with Crippen molar-refractivity contribution in [1.29, 1.82) is 0 Å². The molecule has 0 heterocycles. The fourth-order valence-corrected chi connectivity index (χ4v) is 3.71. The predicted molar refractivity (Wildman–Crippen MR) is 86.4 cm³/mol. The predicted octanol–water partition coefficient (Wildman–Crippen LogP) is 4.26. The van der Waals surface area contributed by atoms with Crippen LogP contribution in [0.2, 0.25) is 0 Å². The molecule has 0 aromatic carbocycles. The van der Waals surface area contributed by atoms with Crippen molar-refractivity contribution >= 4 is 22.4 Å². The first-order chi connectivity index (χ1) is 9.20. The monoisotopic (exact) mass is 310 g/mol. The molecule has 0 unspecified atom stereocenters. The number of alkyl halides is 1. The summed E-state index contributed by atoms with van der Waals surface area (Å²) in [5, 5.41) is 8.42. The fraction of sp³-hybridized carbons (Fsp3) is 1.00. The number of unbranched alkanes of at least 4 members (excludes halogenated alkanes) is 9. The van der Waals surface area contributed by atoms with E-state index in [1.165, 1.54) is 57.8 Å². The van der Waals surface area contributed by atoms with Gasteiger partial charge in [-0.25, -0.2) is 0 Å². The van der Waals surface area contributed by atoms with E-state index in [1.807, 2.05) is 0 Å². The molecule has 4 heteroatoms. The lowest BCUT2D eigenvalue weighted by molar-refractivity contribution is 0.299. The van der Waals surface area contributed by atoms with Crippen molar-refractivity contribution in [2.24, 2.45) is 0 Å². The van der Waals surface area contributed by atoms with Crippen molar-refractivity contribution in [3.05, 3.63) is 0 Å². The quantitative estimate of drug-likeness (QED) is 0.384. The maximum absolute atomic E-state index is 11.6. The summed E-state index contributed by atoms with van der Waals surface area (Å²) in [5.41, 5.74) is 0. The summed E-state index contributed by atoms with van der Waals surface area (Å²) >= 11 is 5.75. The summed E-state index contributed by atoms with van der Waals surface area (Å²) in [6, 6.07) is 0. The summed E-state index contributed by atoms with van der Waals surface area (Å²) in [6.45, 7) is 2.17. The molecular weight excluding hydrogens is 280 g/mol. The van der Waals surface area contributed by atoms with Crippen LogP contribution in [0.15, 0.2) is 0 Å². The van der Waals surface area contributed by atoms with E-state index < -0.39 is 10.8 Å². The minimum absolute atomic E-state index is 0.0780. The molecule has 2 nitrogen and oxygen atoms in total. The van der Waals surface area contributed by atoms with Crippen LogP contribution in [0.5, 0.6) is 0 Å². The zero-order valence-electron chi connectivity index (χ0n) is 12.4. The molecule has 0 spiro atoms. The van der Waals surface area contributed by atoms with Gasteiger partial charge in [0.1, 0.15) is 0 Å². The molecule has 19 heavy (non-hydrogen) atoms. The lowest BCUT2D eigenvalue weighted by atomic mass is 10.1. The van der Waals surface area contributed by atoms with Crippen molar-refractivity contribution in [2.45, 2.75) is 76.5 Å². The second kappa shape index (κ2) is 14.8. The molecule has 0 saturated carbocycles. The van der Waals surface area contributed by atoms with E-state index in [-0.39, 0.29) is 12.0 Å². The number of hydrogen-bond acceptors (Lipinski definition) is 2. The van der Waals surface area contributed by atoms with Gasteiger partial charge in [0.2, 0.25) is 0 Å². The largest absolute Gasteiger partial charge is 0.395 e. The van der Waals surface area contributed by atoms with Crippen LogP contribution in [-0.4, -0.2) is 32.8 Å². The summed E-state index contributed by atoms with van der Waals surface area (Å²) in [7, 11) is -0.855. The first-order valence-corrected chi connectivity index (χ1v) is 9.73. The van der Waals surface area contributed by atoms with E-state index in [1.54, 1.807) is 0 Å². The molecular formula is C15H31ClO2S. The van der Waals surface area contributed by atoms with Gasteiger partial charge >= 0.3 is 0 Å². The van der Waals surface area contributed by atoms with Crippen LogP contribution in [0.4, 0.5) is 0 Å². The molecule has 0 aliphatic carbocycles. The van der Waals surface area contributed by atoms with E-state index >= 15 is 0 Å². The van der Waals surface area contributed by atoms with Crippen molar-refractivity contribution in [3.8, 4) is 0 Å². The second-order valence-corrected chi connectivity index (χ2v) is 7.51. The van der Waals surface area contributed by atoms with Crippen molar-refractivity contribution in [2.75, 3.05) is 18.1 Å². The molecule has 0 rings (SSSR count). The van der Waals surface area contributed by atoms with Crippen LogP contribution >= 0.6 is 11.6 Å². The van der Waals surface area contributed by atoms with Crippen LogP contribution in [0.1, 0.15) is 71.1 Å². The van der Waals surface area contributed by atoms with Gasteiger partial charge in [-0.05, 0) is 6.42 Å². The summed E-state index contributed by atoms with van der Waals surface area (Å²) < 4.78 is 11.6. The maximum atomic E-state index is 11.6. The lowest BCUT2D eigenvalue weighted by Crippen LogP contribution is -2.16.